The Labute approximate surface area is 123 Å². The Morgan fingerprint density at radius 3 is 2.48 bits per heavy atom. The van der Waals surface area contributed by atoms with E-state index in [0.29, 0.717) is 17.6 Å². The highest BCUT2D eigenvalue weighted by atomic mass is 16.5. The molecule has 0 bridgehead atoms. The molecule has 0 amide bonds. The minimum absolute atomic E-state index is 0.0372. The van der Waals surface area contributed by atoms with Crippen molar-refractivity contribution in [3.8, 4) is 17.2 Å². The van der Waals surface area contributed by atoms with Gasteiger partial charge in [-0.05, 0) is 54.7 Å². The van der Waals surface area contributed by atoms with Crippen molar-refractivity contribution in [2.75, 3.05) is 0 Å². The van der Waals surface area contributed by atoms with Crippen molar-refractivity contribution in [3.63, 3.8) is 0 Å². The second kappa shape index (κ2) is 4.69. The number of fused-ring (bicyclic) bond motifs is 3. The zero-order valence-corrected chi connectivity index (χ0v) is 11.7. The summed E-state index contributed by atoms with van der Waals surface area (Å²) < 4.78 is 6.23. The van der Waals surface area contributed by atoms with Crippen LogP contribution < -0.4 is 4.74 Å². The largest absolute Gasteiger partial charge is 0.508 e. The van der Waals surface area contributed by atoms with Crippen LogP contribution in [-0.2, 0) is 0 Å². The van der Waals surface area contributed by atoms with Gasteiger partial charge in [-0.1, -0.05) is 18.6 Å². The van der Waals surface area contributed by atoms with Crippen LogP contribution in [0.2, 0.25) is 0 Å². The summed E-state index contributed by atoms with van der Waals surface area (Å²) in [5, 5.41) is 19.2. The highest BCUT2D eigenvalue weighted by Gasteiger charge is 2.41. The molecule has 0 radical (unpaired) electrons. The van der Waals surface area contributed by atoms with Gasteiger partial charge in [0.25, 0.3) is 0 Å². The highest BCUT2D eigenvalue weighted by molar-refractivity contribution is 5.45. The van der Waals surface area contributed by atoms with Crippen LogP contribution in [0.5, 0.6) is 17.2 Å². The molecular weight excluding hydrogens is 264 g/mol. The number of hydrogen-bond acceptors (Lipinski definition) is 3. The molecule has 1 aliphatic heterocycles. The minimum Gasteiger partial charge on any atom is -0.508 e. The van der Waals surface area contributed by atoms with Gasteiger partial charge >= 0.3 is 0 Å². The molecule has 1 fully saturated rings. The lowest BCUT2D eigenvalue weighted by Gasteiger charge is -2.36. The van der Waals surface area contributed by atoms with Gasteiger partial charge in [-0.25, -0.2) is 0 Å². The Balaban J connectivity index is 1.77. The van der Waals surface area contributed by atoms with Crippen molar-refractivity contribution in [2.24, 2.45) is 5.92 Å². The van der Waals surface area contributed by atoms with Gasteiger partial charge in [-0.3, -0.25) is 0 Å². The highest BCUT2D eigenvalue weighted by Crippen LogP contribution is 2.54. The van der Waals surface area contributed by atoms with E-state index < -0.39 is 0 Å². The van der Waals surface area contributed by atoms with Crippen LogP contribution >= 0.6 is 0 Å². The number of rotatable bonds is 1. The number of benzene rings is 2. The second-order valence-electron chi connectivity index (χ2n) is 6.05. The molecule has 4 rings (SSSR count). The Hall–Kier alpha value is -2.16. The molecule has 2 N–H and O–H groups in total. The van der Waals surface area contributed by atoms with Gasteiger partial charge in [0, 0.05) is 11.5 Å². The maximum atomic E-state index is 9.74. The lowest BCUT2D eigenvalue weighted by Crippen LogP contribution is -2.26. The summed E-state index contributed by atoms with van der Waals surface area (Å²) in [5.74, 6) is 2.38. The smallest absolute Gasteiger partial charge is 0.127 e. The van der Waals surface area contributed by atoms with Crippen LogP contribution in [0.3, 0.4) is 0 Å². The normalized spacial score (nSPS) is 26.8. The molecule has 3 nitrogen and oxygen atoms in total. The third-order valence-electron chi connectivity index (χ3n) is 4.83. The van der Waals surface area contributed by atoms with Gasteiger partial charge in [-0.2, -0.15) is 0 Å². The molecule has 21 heavy (non-hydrogen) atoms. The topological polar surface area (TPSA) is 49.7 Å². The SMILES string of the molecule is Oc1ccc(C2Oc3ccc(O)cc3[C@H]3CCC[C@@H]23)cc1. The molecule has 0 saturated heterocycles. The first kappa shape index (κ1) is 12.6. The van der Waals surface area contributed by atoms with E-state index in [2.05, 4.69) is 0 Å². The number of phenolic OH excluding ortho intramolecular Hbond substituents is 2. The number of hydrogen-bond donors (Lipinski definition) is 2. The van der Waals surface area contributed by atoms with Crippen molar-refractivity contribution in [1.29, 1.82) is 0 Å². The summed E-state index contributed by atoms with van der Waals surface area (Å²) in [6.45, 7) is 0. The monoisotopic (exact) mass is 282 g/mol. The Kier molecular flexibility index (Phi) is 2.81. The third-order valence-corrected chi connectivity index (χ3v) is 4.83. The molecule has 2 aromatic carbocycles. The zero-order valence-electron chi connectivity index (χ0n) is 11.7. The molecule has 3 atom stereocenters. The van der Waals surface area contributed by atoms with Crippen LogP contribution in [0.15, 0.2) is 42.5 Å². The second-order valence-corrected chi connectivity index (χ2v) is 6.05. The van der Waals surface area contributed by atoms with Crippen molar-refractivity contribution in [2.45, 2.75) is 31.3 Å². The predicted octanol–water partition coefficient (Wildman–Crippen LogP) is 4.12. The van der Waals surface area contributed by atoms with Crippen LogP contribution in [-0.4, -0.2) is 10.2 Å². The molecule has 108 valence electrons. The first-order valence-electron chi connectivity index (χ1n) is 7.51. The number of phenols is 2. The van der Waals surface area contributed by atoms with Crippen molar-refractivity contribution >= 4 is 0 Å². The molecule has 1 unspecified atom stereocenters. The Bertz CT molecular complexity index is 663. The summed E-state index contributed by atoms with van der Waals surface area (Å²) in [5.41, 5.74) is 2.26. The number of aromatic hydroxyl groups is 2. The van der Waals surface area contributed by atoms with E-state index in [-0.39, 0.29) is 11.9 Å². The van der Waals surface area contributed by atoms with Gasteiger partial charge in [-0.15, -0.1) is 0 Å². The molecule has 2 aliphatic rings. The first-order chi connectivity index (χ1) is 10.2. The van der Waals surface area contributed by atoms with Gasteiger partial charge in [0.05, 0.1) is 0 Å². The summed E-state index contributed by atoms with van der Waals surface area (Å²) in [6, 6.07) is 12.7. The lowest BCUT2D eigenvalue weighted by molar-refractivity contribution is 0.104. The fourth-order valence-electron chi connectivity index (χ4n) is 3.87. The maximum absolute atomic E-state index is 9.74. The van der Waals surface area contributed by atoms with E-state index in [1.807, 2.05) is 24.3 Å². The fraction of sp³-hybridized carbons (Fsp3) is 0.333. The zero-order chi connectivity index (χ0) is 14.4. The van der Waals surface area contributed by atoms with Gasteiger partial charge < -0.3 is 14.9 Å². The van der Waals surface area contributed by atoms with Crippen LogP contribution in [0.25, 0.3) is 0 Å². The first-order valence-corrected chi connectivity index (χ1v) is 7.51. The molecular formula is C18H18O3. The van der Waals surface area contributed by atoms with E-state index in [9.17, 15) is 10.2 Å². The fourth-order valence-corrected chi connectivity index (χ4v) is 3.87. The quantitative estimate of drug-likeness (QED) is 0.827. The third kappa shape index (κ3) is 2.04. The Morgan fingerprint density at radius 1 is 0.905 bits per heavy atom. The van der Waals surface area contributed by atoms with Crippen molar-refractivity contribution in [3.05, 3.63) is 53.6 Å². The molecule has 3 heteroatoms. The molecule has 1 heterocycles. The Morgan fingerprint density at radius 2 is 1.67 bits per heavy atom. The van der Waals surface area contributed by atoms with Gasteiger partial charge in [0.2, 0.25) is 0 Å². The van der Waals surface area contributed by atoms with Gasteiger partial charge in [0.15, 0.2) is 0 Å². The number of ether oxygens (including phenoxy) is 1. The lowest BCUT2D eigenvalue weighted by atomic mass is 9.80. The molecule has 0 aromatic heterocycles. The molecule has 1 aliphatic carbocycles. The molecule has 0 spiro atoms. The summed E-state index contributed by atoms with van der Waals surface area (Å²) in [4.78, 5) is 0. The van der Waals surface area contributed by atoms with Gasteiger partial charge in [0.1, 0.15) is 23.4 Å². The van der Waals surface area contributed by atoms with E-state index in [4.69, 9.17) is 4.74 Å². The van der Waals surface area contributed by atoms with E-state index in [1.54, 1.807) is 18.2 Å². The van der Waals surface area contributed by atoms with Crippen LogP contribution in [0, 0.1) is 5.92 Å². The van der Waals surface area contributed by atoms with E-state index >= 15 is 0 Å². The molecule has 1 saturated carbocycles. The minimum atomic E-state index is 0.0372. The average molecular weight is 282 g/mol. The van der Waals surface area contributed by atoms with E-state index in [0.717, 1.165) is 29.7 Å². The summed E-state index contributed by atoms with van der Waals surface area (Å²) in [7, 11) is 0. The summed E-state index contributed by atoms with van der Waals surface area (Å²) >= 11 is 0. The maximum Gasteiger partial charge on any atom is 0.127 e. The van der Waals surface area contributed by atoms with Crippen molar-refractivity contribution < 1.29 is 14.9 Å². The van der Waals surface area contributed by atoms with Crippen molar-refractivity contribution in [1.82, 2.24) is 0 Å². The van der Waals surface area contributed by atoms with E-state index in [1.165, 1.54) is 6.42 Å². The average Bonchev–Trinajstić information content (AvgIpc) is 2.97. The summed E-state index contributed by atoms with van der Waals surface area (Å²) in [6.07, 6.45) is 3.53. The van der Waals surface area contributed by atoms with Crippen LogP contribution in [0.1, 0.15) is 42.4 Å². The predicted molar refractivity (Wildman–Crippen MR) is 79.7 cm³/mol. The standard InChI is InChI=1S/C18H18O3/c19-12-6-4-11(5-7-12)18-15-3-1-2-14(15)16-10-13(20)8-9-17(16)21-18/h4-10,14-15,18-20H,1-3H2/t14-,15+,18?/m0/s1. The molecule has 2 aromatic rings. The van der Waals surface area contributed by atoms with Crippen LogP contribution in [0.4, 0.5) is 0 Å².